The van der Waals surface area contributed by atoms with Gasteiger partial charge >= 0.3 is 5.97 Å². The van der Waals surface area contributed by atoms with E-state index in [4.69, 9.17) is 5.11 Å². The molecule has 0 atom stereocenters. The monoisotopic (exact) mass is 202 g/mol. The van der Waals surface area contributed by atoms with Gasteiger partial charge in [-0.25, -0.2) is 0 Å². The van der Waals surface area contributed by atoms with Gasteiger partial charge in [-0.1, -0.05) is 24.3 Å². The van der Waals surface area contributed by atoms with Crippen LogP contribution in [0.5, 0.6) is 5.75 Å². The van der Waals surface area contributed by atoms with Gasteiger partial charge in [0.15, 0.2) is 0 Å². The van der Waals surface area contributed by atoms with Crippen LogP contribution in [-0.4, -0.2) is 16.2 Å². The smallest absolute Gasteiger partial charge is 0.307 e. The molecule has 76 valence electrons. The number of carboxylic acid groups (broad SMARTS) is 1. The maximum Gasteiger partial charge on any atom is 0.307 e. The lowest BCUT2D eigenvalue weighted by atomic mass is 10.0. The SMILES string of the molecule is O=C(O)Cc1ccc2cccc(O)c2c1. The largest absolute Gasteiger partial charge is 0.507 e. The molecule has 0 bridgehead atoms. The van der Waals surface area contributed by atoms with Crippen LogP contribution < -0.4 is 0 Å². The van der Waals surface area contributed by atoms with E-state index in [1.54, 1.807) is 24.3 Å². The molecule has 3 heteroatoms. The van der Waals surface area contributed by atoms with Gasteiger partial charge < -0.3 is 10.2 Å². The molecule has 2 N–H and O–H groups in total. The van der Waals surface area contributed by atoms with E-state index in [9.17, 15) is 9.90 Å². The zero-order valence-corrected chi connectivity index (χ0v) is 7.97. The average molecular weight is 202 g/mol. The van der Waals surface area contributed by atoms with E-state index in [-0.39, 0.29) is 12.2 Å². The van der Waals surface area contributed by atoms with Crippen molar-refractivity contribution in [3.63, 3.8) is 0 Å². The molecule has 0 aromatic heterocycles. The zero-order chi connectivity index (χ0) is 10.8. The molecular formula is C12H10O3. The topological polar surface area (TPSA) is 57.5 Å². The van der Waals surface area contributed by atoms with Gasteiger partial charge in [-0.3, -0.25) is 4.79 Å². The molecule has 0 aliphatic rings. The Kier molecular flexibility index (Phi) is 2.29. The summed E-state index contributed by atoms with van der Waals surface area (Å²) in [6.07, 6.45) is -0.0235. The quantitative estimate of drug-likeness (QED) is 0.784. The molecular weight excluding hydrogens is 192 g/mol. The minimum Gasteiger partial charge on any atom is -0.507 e. The lowest BCUT2D eigenvalue weighted by molar-refractivity contribution is -0.136. The molecule has 3 nitrogen and oxygen atoms in total. The van der Waals surface area contributed by atoms with Crippen LogP contribution in [0, 0.1) is 0 Å². The van der Waals surface area contributed by atoms with Crippen LogP contribution in [0.15, 0.2) is 36.4 Å². The van der Waals surface area contributed by atoms with Gasteiger partial charge in [0.1, 0.15) is 5.75 Å². The first-order valence-corrected chi connectivity index (χ1v) is 4.59. The number of carboxylic acids is 1. The van der Waals surface area contributed by atoms with Crippen molar-refractivity contribution in [1.82, 2.24) is 0 Å². The van der Waals surface area contributed by atoms with Crippen LogP contribution in [0.25, 0.3) is 10.8 Å². The lowest BCUT2D eigenvalue weighted by Crippen LogP contribution is -1.99. The highest BCUT2D eigenvalue weighted by Crippen LogP contribution is 2.25. The van der Waals surface area contributed by atoms with Crippen molar-refractivity contribution < 1.29 is 15.0 Å². The fraction of sp³-hybridized carbons (Fsp3) is 0.0833. The highest BCUT2D eigenvalue weighted by molar-refractivity contribution is 5.89. The summed E-state index contributed by atoms with van der Waals surface area (Å²) in [5, 5.41) is 19.8. The van der Waals surface area contributed by atoms with E-state index in [1.165, 1.54) is 0 Å². The third-order valence-corrected chi connectivity index (χ3v) is 2.28. The third-order valence-electron chi connectivity index (χ3n) is 2.28. The first kappa shape index (κ1) is 9.52. The molecule has 2 aromatic carbocycles. The number of aromatic hydroxyl groups is 1. The molecule has 0 radical (unpaired) electrons. The summed E-state index contributed by atoms with van der Waals surface area (Å²) in [6.45, 7) is 0. The predicted molar refractivity (Wildman–Crippen MR) is 57.0 cm³/mol. The van der Waals surface area contributed by atoms with Crippen molar-refractivity contribution in [1.29, 1.82) is 0 Å². The van der Waals surface area contributed by atoms with E-state index in [2.05, 4.69) is 0 Å². The van der Waals surface area contributed by atoms with Crippen molar-refractivity contribution in [3.05, 3.63) is 42.0 Å². The van der Waals surface area contributed by atoms with Gasteiger partial charge in [0.2, 0.25) is 0 Å². The predicted octanol–water partition coefficient (Wildman–Crippen LogP) is 2.17. The highest BCUT2D eigenvalue weighted by atomic mass is 16.4. The molecule has 0 amide bonds. The molecule has 0 aliphatic carbocycles. The Morgan fingerprint density at radius 2 is 2.00 bits per heavy atom. The van der Waals surface area contributed by atoms with Crippen LogP contribution in [0.4, 0.5) is 0 Å². The average Bonchev–Trinajstić information content (AvgIpc) is 2.18. The van der Waals surface area contributed by atoms with E-state index in [0.29, 0.717) is 10.9 Å². The number of fused-ring (bicyclic) bond motifs is 1. The molecule has 2 rings (SSSR count). The lowest BCUT2D eigenvalue weighted by Gasteiger charge is -2.03. The van der Waals surface area contributed by atoms with Crippen molar-refractivity contribution in [2.75, 3.05) is 0 Å². The molecule has 0 unspecified atom stereocenters. The Morgan fingerprint density at radius 3 is 2.73 bits per heavy atom. The van der Waals surface area contributed by atoms with Gasteiger partial charge in [-0.2, -0.15) is 0 Å². The second-order valence-electron chi connectivity index (χ2n) is 3.40. The van der Waals surface area contributed by atoms with E-state index < -0.39 is 5.97 Å². The normalized spacial score (nSPS) is 10.4. The van der Waals surface area contributed by atoms with Crippen LogP contribution in [0.2, 0.25) is 0 Å². The van der Waals surface area contributed by atoms with Crippen molar-refractivity contribution in [2.24, 2.45) is 0 Å². The van der Waals surface area contributed by atoms with Gasteiger partial charge in [-0.05, 0) is 23.1 Å². The standard InChI is InChI=1S/C12H10O3/c13-11-3-1-2-9-5-4-8(6-10(9)11)7-12(14)15/h1-6,13H,7H2,(H,14,15). The first-order valence-electron chi connectivity index (χ1n) is 4.59. The molecule has 0 aliphatic heterocycles. The summed E-state index contributed by atoms with van der Waals surface area (Å²) >= 11 is 0. The number of hydrogen-bond acceptors (Lipinski definition) is 2. The first-order chi connectivity index (χ1) is 7.16. The number of phenols is 1. The number of rotatable bonds is 2. The van der Waals surface area contributed by atoms with Crippen LogP contribution in [0.3, 0.4) is 0 Å². The summed E-state index contributed by atoms with van der Waals surface area (Å²) in [6, 6.07) is 10.5. The van der Waals surface area contributed by atoms with Crippen LogP contribution in [-0.2, 0) is 11.2 Å². The minimum absolute atomic E-state index is 0.0235. The maximum absolute atomic E-state index is 10.5. The minimum atomic E-state index is -0.871. The molecule has 15 heavy (non-hydrogen) atoms. The Balaban J connectivity index is 2.54. The summed E-state index contributed by atoms with van der Waals surface area (Å²) < 4.78 is 0. The van der Waals surface area contributed by atoms with Gasteiger partial charge in [-0.15, -0.1) is 0 Å². The summed E-state index contributed by atoms with van der Waals surface area (Å²) in [5.41, 5.74) is 0.691. The van der Waals surface area contributed by atoms with Crippen LogP contribution in [0.1, 0.15) is 5.56 Å². The Labute approximate surface area is 86.6 Å². The van der Waals surface area contributed by atoms with Crippen molar-refractivity contribution in [3.8, 4) is 5.75 Å². The van der Waals surface area contributed by atoms with E-state index >= 15 is 0 Å². The molecule has 0 spiro atoms. The van der Waals surface area contributed by atoms with Crippen molar-refractivity contribution in [2.45, 2.75) is 6.42 Å². The number of benzene rings is 2. The van der Waals surface area contributed by atoms with Crippen LogP contribution >= 0.6 is 0 Å². The van der Waals surface area contributed by atoms with Gasteiger partial charge in [0.25, 0.3) is 0 Å². The Hall–Kier alpha value is -2.03. The zero-order valence-electron chi connectivity index (χ0n) is 7.97. The number of carbonyl (C=O) groups is 1. The van der Waals surface area contributed by atoms with E-state index in [0.717, 1.165) is 5.39 Å². The Morgan fingerprint density at radius 1 is 1.20 bits per heavy atom. The molecule has 2 aromatic rings. The number of phenolic OH excluding ortho intramolecular Hbond substituents is 1. The van der Waals surface area contributed by atoms with Crippen molar-refractivity contribution >= 4 is 16.7 Å². The second-order valence-corrected chi connectivity index (χ2v) is 3.40. The third kappa shape index (κ3) is 1.91. The fourth-order valence-electron chi connectivity index (χ4n) is 1.59. The molecule has 0 saturated carbocycles. The molecule has 0 fully saturated rings. The molecule has 0 saturated heterocycles. The van der Waals surface area contributed by atoms with E-state index in [1.807, 2.05) is 12.1 Å². The number of hydrogen-bond donors (Lipinski definition) is 2. The maximum atomic E-state index is 10.5. The van der Waals surface area contributed by atoms with Gasteiger partial charge in [0.05, 0.1) is 6.42 Å². The fourth-order valence-corrected chi connectivity index (χ4v) is 1.59. The highest BCUT2D eigenvalue weighted by Gasteiger charge is 2.03. The van der Waals surface area contributed by atoms with Gasteiger partial charge in [0, 0.05) is 5.39 Å². The Bertz CT molecular complexity index is 517. The molecule has 0 heterocycles. The summed E-state index contributed by atoms with van der Waals surface area (Å²) in [5.74, 6) is -0.690. The summed E-state index contributed by atoms with van der Waals surface area (Å²) in [4.78, 5) is 10.5. The number of aliphatic carboxylic acids is 1. The summed E-state index contributed by atoms with van der Waals surface area (Å²) in [7, 11) is 0. The second kappa shape index (κ2) is 3.61.